The van der Waals surface area contributed by atoms with Crippen LogP contribution >= 0.6 is 0 Å². The Morgan fingerprint density at radius 3 is 2.54 bits per heavy atom. The molecule has 7 heteroatoms. The second-order valence-corrected chi connectivity index (χ2v) is 7.03. The van der Waals surface area contributed by atoms with Crippen LogP contribution < -0.4 is 14.8 Å². The molecule has 28 heavy (non-hydrogen) atoms. The zero-order valence-corrected chi connectivity index (χ0v) is 15.7. The van der Waals surface area contributed by atoms with Crippen molar-refractivity contribution in [3.63, 3.8) is 0 Å². The summed E-state index contributed by atoms with van der Waals surface area (Å²) in [5.74, 6) is 1.49. The minimum absolute atomic E-state index is 0.150. The molecule has 0 bridgehead atoms. The van der Waals surface area contributed by atoms with Crippen LogP contribution in [0.3, 0.4) is 0 Å². The Hall–Kier alpha value is -2.80. The fourth-order valence-corrected chi connectivity index (χ4v) is 3.49. The van der Waals surface area contributed by atoms with E-state index in [1.165, 1.54) is 17.7 Å². The monoisotopic (exact) mass is 385 g/mol. The summed E-state index contributed by atoms with van der Waals surface area (Å²) in [6, 6.07) is 12.2. The number of carbonyl (C=O) groups is 1. The Kier molecular flexibility index (Phi) is 5.62. The highest BCUT2D eigenvalue weighted by Gasteiger charge is 2.21. The molecule has 4 rings (SSSR count). The smallest absolute Gasteiger partial charge is 0.231 e. The molecule has 0 spiro atoms. The molecule has 2 aromatic rings. The van der Waals surface area contributed by atoms with Gasteiger partial charge in [-0.15, -0.1) is 0 Å². The van der Waals surface area contributed by atoms with Gasteiger partial charge in [0.15, 0.2) is 11.5 Å². The molecule has 1 N–H and O–H groups in total. The Labute approximate surface area is 163 Å². The first-order valence-corrected chi connectivity index (χ1v) is 9.55. The van der Waals surface area contributed by atoms with Crippen molar-refractivity contribution >= 4 is 11.6 Å². The summed E-state index contributed by atoms with van der Waals surface area (Å²) >= 11 is 0. The Bertz CT molecular complexity index is 820. The van der Waals surface area contributed by atoms with Gasteiger partial charge in [0.1, 0.15) is 5.82 Å². The number of anilines is 1. The molecule has 2 aromatic carbocycles. The summed E-state index contributed by atoms with van der Waals surface area (Å²) < 4.78 is 23.7. The third-order valence-corrected chi connectivity index (χ3v) is 5.08. The predicted molar refractivity (Wildman–Crippen MR) is 104 cm³/mol. The van der Waals surface area contributed by atoms with Gasteiger partial charge in [0, 0.05) is 51.4 Å². The molecule has 0 unspecified atom stereocenters. The molecular weight excluding hydrogens is 361 g/mol. The van der Waals surface area contributed by atoms with Crippen LogP contribution in [0.5, 0.6) is 11.5 Å². The van der Waals surface area contributed by atoms with E-state index in [2.05, 4.69) is 16.3 Å². The van der Waals surface area contributed by atoms with Gasteiger partial charge in [0.25, 0.3) is 0 Å². The average molecular weight is 385 g/mol. The summed E-state index contributed by atoms with van der Waals surface area (Å²) in [6.07, 6.45) is 0.430. The van der Waals surface area contributed by atoms with E-state index in [0.29, 0.717) is 13.0 Å². The first kappa shape index (κ1) is 18.6. The van der Waals surface area contributed by atoms with Crippen LogP contribution in [0.1, 0.15) is 12.0 Å². The molecule has 0 radical (unpaired) electrons. The summed E-state index contributed by atoms with van der Waals surface area (Å²) in [6.45, 7) is 4.85. The average Bonchev–Trinajstić information content (AvgIpc) is 3.18. The van der Waals surface area contributed by atoms with Crippen molar-refractivity contribution in [2.24, 2.45) is 0 Å². The van der Waals surface area contributed by atoms with E-state index in [1.54, 1.807) is 12.1 Å². The minimum Gasteiger partial charge on any atom is -0.454 e. The van der Waals surface area contributed by atoms with Gasteiger partial charge in [-0.3, -0.25) is 9.69 Å². The molecule has 1 amide bonds. The lowest BCUT2D eigenvalue weighted by atomic mass is 10.1. The van der Waals surface area contributed by atoms with Crippen LogP contribution in [0.15, 0.2) is 42.5 Å². The number of fused-ring (bicyclic) bond motifs is 1. The van der Waals surface area contributed by atoms with Gasteiger partial charge >= 0.3 is 0 Å². The van der Waals surface area contributed by atoms with Gasteiger partial charge in [0.2, 0.25) is 12.7 Å². The normalized spacial score (nSPS) is 16.2. The minimum atomic E-state index is -0.264. The van der Waals surface area contributed by atoms with Gasteiger partial charge < -0.3 is 19.7 Å². The number of ether oxygens (including phenoxy) is 2. The van der Waals surface area contributed by atoms with Gasteiger partial charge in [-0.2, -0.15) is 0 Å². The summed E-state index contributed by atoms with van der Waals surface area (Å²) in [5, 5.41) is 3.16. The van der Waals surface area contributed by atoms with Gasteiger partial charge in [0.05, 0.1) is 0 Å². The van der Waals surface area contributed by atoms with E-state index in [4.69, 9.17) is 9.47 Å². The summed E-state index contributed by atoms with van der Waals surface area (Å²) in [5.41, 5.74) is 2.01. The Balaban J connectivity index is 1.19. The molecule has 2 aliphatic heterocycles. The fourth-order valence-electron chi connectivity index (χ4n) is 3.49. The Morgan fingerprint density at radius 1 is 1.00 bits per heavy atom. The molecule has 6 nitrogen and oxygen atoms in total. The van der Waals surface area contributed by atoms with Gasteiger partial charge in [-0.05, 0) is 42.0 Å². The molecule has 0 saturated carbocycles. The molecule has 0 atom stereocenters. The van der Waals surface area contributed by atoms with Crippen molar-refractivity contribution in [3.05, 3.63) is 53.8 Å². The van der Waals surface area contributed by atoms with E-state index in [9.17, 15) is 9.18 Å². The summed E-state index contributed by atoms with van der Waals surface area (Å²) in [7, 11) is 0. The molecule has 1 fully saturated rings. The van der Waals surface area contributed by atoms with E-state index < -0.39 is 0 Å². The zero-order chi connectivity index (χ0) is 19.3. The topological polar surface area (TPSA) is 54.0 Å². The van der Waals surface area contributed by atoms with Crippen LogP contribution in [0.2, 0.25) is 0 Å². The lowest BCUT2D eigenvalue weighted by Crippen LogP contribution is -2.48. The highest BCUT2D eigenvalue weighted by molar-refractivity contribution is 5.76. The predicted octanol–water partition coefficient (Wildman–Crippen LogP) is 2.70. The van der Waals surface area contributed by atoms with Crippen LogP contribution in [0.4, 0.5) is 10.1 Å². The number of hydrogen-bond acceptors (Lipinski definition) is 5. The Morgan fingerprint density at radius 2 is 1.75 bits per heavy atom. The molecule has 0 aromatic heterocycles. The molecule has 148 valence electrons. The van der Waals surface area contributed by atoms with Gasteiger partial charge in [-0.1, -0.05) is 6.07 Å². The lowest BCUT2D eigenvalue weighted by Gasteiger charge is -2.35. The number of rotatable bonds is 6. The summed E-state index contributed by atoms with van der Waals surface area (Å²) in [4.78, 5) is 16.7. The number of hydrogen-bond donors (Lipinski definition) is 1. The van der Waals surface area contributed by atoms with Crippen molar-refractivity contribution in [2.75, 3.05) is 44.8 Å². The van der Waals surface area contributed by atoms with Crippen molar-refractivity contribution in [1.82, 2.24) is 9.80 Å². The quantitative estimate of drug-likeness (QED) is 0.829. The number of piperazine rings is 1. The van der Waals surface area contributed by atoms with Crippen LogP contribution in [-0.2, 0) is 11.3 Å². The maximum Gasteiger partial charge on any atom is 0.231 e. The SMILES string of the molecule is O=C(CCNc1ccc(F)cc1)N1CCN(Cc2ccc3c(c2)OCO3)CC1. The third-order valence-electron chi connectivity index (χ3n) is 5.08. The molecule has 2 aliphatic rings. The molecular formula is C21H24FN3O3. The van der Waals surface area contributed by atoms with Crippen molar-refractivity contribution in [2.45, 2.75) is 13.0 Å². The number of benzene rings is 2. The first-order valence-electron chi connectivity index (χ1n) is 9.55. The van der Waals surface area contributed by atoms with Crippen molar-refractivity contribution < 1.29 is 18.7 Å². The highest BCUT2D eigenvalue weighted by Crippen LogP contribution is 2.32. The standard InChI is InChI=1S/C21H24FN3O3/c22-17-2-4-18(5-3-17)23-8-7-21(26)25-11-9-24(10-12-25)14-16-1-6-19-20(13-16)28-15-27-19/h1-6,13,23H,7-12,14-15H2. The molecule has 0 aliphatic carbocycles. The number of nitrogens with zero attached hydrogens (tertiary/aromatic N) is 2. The van der Waals surface area contributed by atoms with E-state index in [1.807, 2.05) is 17.0 Å². The van der Waals surface area contributed by atoms with E-state index >= 15 is 0 Å². The van der Waals surface area contributed by atoms with E-state index in [0.717, 1.165) is 49.9 Å². The second kappa shape index (κ2) is 8.48. The van der Waals surface area contributed by atoms with Crippen molar-refractivity contribution in [1.29, 1.82) is 0 Å². The number of nitrogens with one attached hydrogen (secondary N) is 1. The highest BCUT2D eigenvalue weighted by atomic mass is 19.1. The number of carbonyl (C=O) groups excluding carboxylic acids is 1. The molecule has 1 saturated heterocycles. The number of halogens is 1. The second-order valence-electron chi connectivity index (χ2n) is 7.03. The van der Waals surface area contributed by atoms with Crippen LogP contribution in [-0.4, -0.2) is 55.2 Å². The zero-order valence-electron chi connectivity index (χ0n) is 15.7. The maximum absolute atomic E-state index is 12.9. The van der Waals surface area contributed by atoms with Crippen LogP contribution in [0, 0.1) is 5.82 Å². The van der Waals surface area contributed by atoms with Gasteiger partial charge in [-0.25, -0.2) is 4.39 Å². The third kappa shape index (κ3) is 4.54. The van der Waals surface area contributed by atoms with Crippen molar-refractivity contribution in [3.8, 4) is 11.5 Å². The lowest BCUT2D eigenvalue weighted by molar-refractivity contribution is -0.132. The molecule has 2 heterocycles. The fraction of sp³-hybridized carbons (Fsp3) is 0.381. The first-order chi connectivity index (χ1) is 13.7. The largest absolute Gasteiger partial charge is 0.454 e. The maximum atomic E-state index is 12.9. The van der Waals surface area contributed by atoms with Crippen LogP contribution in [0.25, 0.3) is 0 Å². The van der Waals surface area contributed by atoms with E-state index in [-0.39, 0.29) is 18.5 Å². The number of amides is 1.